The Hall–Kier alpha value is -1.39. The quantitative estimate of drug-likeness (QED) is 0.751. The van der Waals surface area contributed by atoms with E-state index in [1.807, 2.05) is 18.5 Å². The van der Waals surface area contributed by atoms with E-state index in [2.05, 4.69) is 42.0 Å². The van der Waals surface area contributed by atoms with Crippen molar-refractivity contribution in [3.05, 3.63) is 30.1 Å². The van der Waals surface area contributed by atoms with E-state index in [4.69, 9.17) is 4.74 Å². The lowest BCUT2D eigenvalue weighted by Crippen LogP contribution is -2.47. The number of fused-ring (bicyclic) bond motifs is 1. The van der Waals surface area contributed by atoms with Crippen molar-refractivity contribution in [1.82, 2.24) is 14.9 Å². The Morgan fingerprint density at radius 1 is 1.32 bits per heavy atom. The first-order valence-electron chi connectivity index (χ1n) is 9.81. The zero-order chi connectivity index (χ0) is 17.7. The Morgan fingerprint density at radius 3 is 2.84 bits per heavy atom. The first-order valence-corrected chi connectivity index (χ1v) is 9.81. The number of aromatic nitrogens is 2. The highest BCUT2D eigenvalue weighted by Crippen LogP contribution is 2.39. The minimum Gasteiger partial charge on any atom is -0.376 e. The highest BCUT2D eigenvalue weighted by Gasteiger charge is 2.36. The van der Waals surface area contributed by atoms with Gasteiger partial charge in [0, 0.05) is 35.5 Å². The molecule has 3 rings (SSSR count). The van der Waals surface area contributed by atoms with E-state index in [-0.39, 0.29) is 0 Å². The third-order valence-corrected chi connectivity index (χ3v) is 6.13. The maximum absolute atomic E-state index is 6.07. The van der Waals surface area contributed by atoms with Crippen LogP contribution in [0.25, 0.3) is 11.0 Å². The molecule has 0 radical (unpaired) electrons. The molecule has 0 spiro atoms. The SMILES string of the molecule is CCCCC1(N(C)C)CCC(COCc2c[nH]c3ncccc23)CC1. The van der Waals surface area contributed by atoms with Crippen LogP contribution in [-0.2, 0) is 11.3 Å². The first kappa shape index (κ1) is 18.4. The van der Waals surface area contributed by atoms with Crippen LogP contribution in [-0.4, -0.2) is 41.1 Å². The fraction of sp³-hybridized carbons (Fsp3) is 0.667. The summed E-state index contributed by atoms with van der Waals surface area (Å²) < 4.78 is 6.07. The van der Waals surface area contributed by atoms with Gasteiger partial charge in [-0.1, -0.05) is 19.8 Å². The topological polar surface area (TPSA) is 41.1 Å². The molecule has 2 heterocycles. The third-order valence-electron chi connectivity index (χ3n) is 6.13. The van der Waals surface area contributed by atoms with Crippen LogP contribution in [0.1, 0.15) is 57.4 Å². The molecule has 0 aromatic carbocycles. The number of aromatic amines is 1. The van der Waals surface area contributed by atoms with Gasteiger partial charge in [0.15, 0.2) is 0 Å². The zero-order valence-electron chi connectivity index (χ0n) is 16.1. The van der Waals surface area contributed by atoms with Gasteiger partial charge in [-0.15, -0.1) is 0 Å². The minimum absolute atomic E-state index is 0.426. The van der Waals surface area contributed by atoms with Crippen LogP contribution >= 0.6 is 0 Å². The highest BCUT2D eigenvalue weighted by atomic mass is 16.5. The van der Waals surface area contributed by atoms with Crippen LogP contribution in [0.5, 0.6) is 0 Å². The molecule has 2 aromatic heterocycles. The van der Waals surface area contributed by atoms with Crippen molar-refractivity contribution in [3.8, 4) is 0 Å². The number of H-pyrrole nitrogens is 1. The van der Waals surface area contributed by atoms with Crippen LogP contribution in [0.15, 0.2) is 24.5 Å². The normalized spacial score (nSPS) is 24.2. The highest BCUT2D eigenvalue weighted by molar-refractivity contribution is 5.79. The Bertz CT molecular complexity index is 656. The smallest absolute Gasteiger partial charge is 0.137 e. The summed E-state index contributed by atoms with van der Waals surface area (Å²) in [6, 6.07) is 4.09. The summed E-state index contributed by atoms with van der Waals surface area (Å²) >= 11 is 0. The van der Waals surface area contributed by atoms with Crippen LogP contribution in [0.2, 0.25) is 0 Å². The van der Waals surface area contributed by atoms with Gasteiger partial charge in [-0.05, 0) is 64.3 Å². The van der Waals surface area contributed by atoms with Crippen molar-refractivity contribution in [3.63, 3.8) is 0 Å². The van der Waals surface area contributed by atoms with Gasteiger partial charge >= 0.3 is 0 Å². The number of nitrogens with zero attached hydrogens (tertiary/aromatic N) is 2. The van der Waals surface area contributed by atoms with Crippen LogP contribution in [0, 0.1) is 5.92 Å². The monoisotopic (exact) mass is 343 g/mol. The standard InChI is InChI=1S/C21H33N3O/c1-4-5-10-21(24(2)3)11-8-17(9-12-21)15-25-16-18-14-23-20-19(18)7-6-13-22-20/h6-7,13-14,17H,4-5,8-12,15-16H2,1-3H3,(H,22,23). The van der Waals surface area contributed by atoms with Gasteiger partial charge in [-0.2, -0.15) is 0 Å². The van der Waals surface area contributed by atoms with Crippen molar-refractivity contribution in [2.45, 2.75) is 64.0 Å². The van der Waals surface area contributed by atoms with Crippen molar-refractivity contribution in [2.75, 3.05) is 20.7 Å². The number of pyridine rings is 1. The molecule has 4 heteroatoms. The van der Waals surface area contributed by atoms with Gasteiger partial charge in [-0.3, -0.25) is 0 Å². The largest absolute Gasteiger partial charge is 0.376 e. The molecule has 2 aromatic rings. The summed E-state index contributed by atoms with van der Waals surface area (Å²) in [5, 5.41) is 1.18. The molecule has 0 unspecified atom stereocenters. The van der Waals surface area contributed by atoms with E-state index in [1.165, 1.54) is 55.9 Å². The van der Waals surface area contributed by atoms with Gasteiger partial charge < -0.3 is 14.6 Å². The Kier molecular flexibility index (Phi) is 6.13. The average Bonchev–Trinajstić information content (AvgIpc) is 3.04. The Morgan fingerprint density at radius 2 is 2.12 bits per heavy atom. The fourth-order valence-electron chi connectivity index (χ4n) is 4.28. The summed E-state index contributed by atoms with van der Waals surface area (Å²) in [5.74, 6) is 0.707. The lowest BCUT2D eigenvalue weighted by Gasteiger charge is -2.45. The summed E-state index contributed by atoms with van der Waals surface area (Å²) in [6.45, 7) is 3.85. The van der Waals surface area contributed by atoms with E-state index in [0.29, 0.717) is 18.1 Å². The van der Waals surface area contributed by atoms with Gasteiger partial charge in [0.1, 0.15) is 5.65 Å². The summed E-state index contributed by atoms with van der Waals surface area (Å²) in [7, 11) is 4.52. The predicted molar refractivity (Wildman–Crippen MR) is 104 cm³/mol. The Labute approximate surface area is 152 Å². The molecule has 0 amide bonds. The molecule has 138 valence electrons. The molecule has 1 fully saturated rings. The molecular weight excluding hydrogens is 310 g/mol. The molecule has 0 bridgehead atoms. The van der Waals surface area contributed by atoms with Crippen LogP contribution in [0.3, 0.4) is 0 Å². The zero-order valence-corrected chi connectivity index (χ0v) is 16.1. The molecule has 1 aliphatic carbocycles. The molecule has 0 atom stereocenters. The number of nitrogens with one attached hydrogen (secondary N) is 1. The number of hydrogen-bond donors (Lipinski definition) is 1. The number of unbranched alkanes of at least 4 members (excludes halogenated alkanes) is 1. The second-order valence-electron chi connectivity index (χ2n) is 7.89. The van der Waals surface area contributed by atoms with Crippen molar-refractivity contribution >= 4 is 11.0 Å². The first-order chi connectivity index (χ1) is 12.1. The molecule has 1 saturated carbocycles. The summed E-state index contributed by atoms with van der Waals surface area (Å²) in [6.07, 6.45) is 13.0. The number of ether oxygens (including phenoxy) is 1. The van der Waals surface area contributed by atoms with Crippen LogP contribution < -0.4 is 0 Å². The molecule has 25 heavy (non-hydrogen) atoms. The van der Waals surface area contributed by atoms with E-state index >= 15 is 0 Å². The third kappa shape index (κ3) is 4.24. The van der Waals surface area contributed by atoms with Gasteiger partial charge in [-0.25, -0.2) is 4.98 Å². The predicted octanol–water partition coefficient (Wildman–Crippen LogP) is 4.76. The lowest BCUT2D eigenvalue weighted by atomic mass is 9.73. The molecule has 0 aliphatic heterocycles. The molecule has 1 aliphatic rings. The maximum Gasteiger partial charge on any atom is 0.137 e. The van der Waals surface area contributed by atoms with Crippen LogP contribution in [0.4, 0.5) is 0 Å². The molecule has 1 N–H and O–H groups in total. The molecule has 0 saturated heterocycles. The second kappa shape index (κ2) is 8.33. The van der Waals surface area contributed by atoms with E-state index in [0.717, 1.165) is 12.3 Å². The second-order valence-corrected chi connectivity index (χ2v) is 7.89. The maximum atomic E-state index is 6.07. The van der Waals surface area contributed by atoms with E-state index in [1.54, 1.807) is 0 Å². The summed E-state index contributed by atoms with van der Waals surface area (Å²) in [4.78, 5) is 10.0. The van der Waals surface area contributed by atoms with Gasteiger partial charge in [0.25, 0.3) is 0 Å². The van der Waals surface area contributed by atoms with Gasteiger partial charge in [0.2, 0.25) is 0 Å². The van der Waals surface area contributed by atoms with Crippen molar-refractivity contribution in [2.24, 2.45) is 5.92 Å². The number of rotatable bonds is 8. The fourth-order valence-corrected chi connectivity index (χ4v) is 4.28. The Balaban J connectivity index is 1.47. The van der Waals surface area contributed by atoms with Crippen molar-refractivity contribution < 1.29 is 4.74 Å². The average molecular weight is 344 g/mol. The van der Waals surface area contributed by atoms with E-state index in [9.17, 15) is 0 Å². The molecular formula is C21H33N3O. The molecule has 4 nitrogen and oxygen atoms in total. The van der Waals surface area contributed by atoms with Crippen molar-refractivity contribution in [1.29, 1.82) is 0 Å². The minimum atomic E-state index is 0.426. The van der Waals surface area contributed by atoms with Gasteiger partial charge in [0.05, 0.1) is 6.61 Å². The summed E-state index contributed by atoms with van der Waals surface area (Å²) in [5.41, 5.74) is 2.59. The number of hydrogen-bond acceptors (Lipinski definition) is 3. The van der Waals surface area contributed by atoms with E-state index < -0.39 is 0 Å². The lowest BCUT2D eigenvalue weighted by molar-refractivity contribution is 0.0258.